The molecule has 2 aromatic rings. The third-order valence-electron chi connectivity index (χ3n) is 2.86. The van der Waals surface area contributed by atoms with Gasteiger partial charge in [0.1, 0.15) is 12.4 Å². The second-order valence-electron chi connectivity index (χ2n) is 4.75. The van der Waals surface area contributed by atoms with Crippen molar-refractivity contribution in [2.24, 2.45) is 0 Å². The maximum absolute atomic E-state index is 12.2. The summed E-state index contributed by atoms with van der Waals surface area (Å²) in [5, 5.41) is 15.6. The molecule has 0 aliphatic heterocycles. The van der Waals surface area contributed by atoms with Crippen LogP contribution in [0.25, 0.3) is 0 Å². The zero-order chi connectivity index (χ0) is 15.2. The van der Waals surface area contributed by atoms with Gasteiger partial charge in [0.05, 0.1) is 6.20 Å². The van der Waals surface area contributed by atoms with Crippen LogP contribution >= 0.6 is 0 Å². The van der Waals surface area contributed by atoms with Gasteiger partial charge in [-0.25, -0.2) is 4.68 Å². The monoisotopic (exact) mass is 283 g/mol. The molecule has 0 radical (unpaired) electrons. The second-order valence-corrected chi connectivity index (χ2v) is 4.75. The number of anilines is 1. The molecule has 1 aromatic carbocycles. The van der Waals surface area contributed by atoms with Crippen molar-refractivity contribution in [3.63, 3.8) is 0 Å². The Hall–Kier alpha value is -2.58. The lowest BCUT2D eigenvalue weighted by Crippen LogP contribution is -2.16. The van der Waals surface area contributed by atoms with E-state index in [0.717, 1.165) is 5.56 Å². The summed E-state index contributed by atoms with van der Waals surface area (Å²) < 4.78 is 1.75. The highest BCUT2D eigenvalue weighted by Crippen LogP contribution is 2.14. The minimum absolute atomic E-state index is 0.173. The number of carbonyl (C=O) groups is 1. The average Bonchev–Trinajstić information content (AvgIpc) is 2.94. The van der Waals surface area contributed by atoms with Crippen molar-refractivity contribution in [2.45, 2.75) is 19.9 Å². The van der Waals surface area contributed by atoms with Crippen molar-refractivity contribution in [1.82, 2.24) is 9.78 Å². The van der Waals surface area contributed by atoms with Gasteiger partial charge in [-0.3, -0.25) is 4.79 Å². The first-order valence-electron chi connectivity index (χ1n) is 6.66. The molecular formula is C16H17N3O2. The van der Waals surface area contributed by atoms with Gasteiger partial charge < -0.3 is 10.4 Å². The third-order valence-corrected chi connectivity index (χ3v) is 2.86. The van der Waals surface area contributed by atoms with Gasteiger partial charge in [0, 0.05) is 23.2 Å². The molecule has 0 spiro atoms. The van der Waals surface area contributed by atoms with Crippen molar-refractivity contribution in [2.75, 3.05) is 11.9 Å². The first-order valence-corrected chi connectivity index (χ1v) is 6.66. The fourth-order valence-electron chi connectivity index (χ4n) is 1.86. The number of nitrogens with one attached hydrogen (secondary N) is 1. The molecule has 2 N–H and O–H groups in total. The van der Waals surface area contributed by atoms with E-state index in [-0.39, 0.29) is 18.6 Å². The lowest BCUT2D eigenvalue weighted by molar-refractivity contribution is 0.102. The predicted octanol–water partition coefficient (Wildman–Crippen LogP) is 2.06. The molecule has 108 valence electrons. The molecule has 0 fully saturated rings. The van der Waals surface area contributed by atoms with Crippen molar-refractivity contribution in [3.8, 4) is 11.8 Å². The van der Waals surface area contributed by atoms with Gasteiger partial charge in [-0.15, -0.1) is 0 Å². The number of hydrogen-bond acceptors (Lipinski definition) is 3. The highest BCUT2D eigenvalue weighted by molar-refractivity contribution is 6.03. The van der Waals surface area contributed by atoms with Gasteiger partial charge in [-0.2, -0.15) is 5.10 Å². The van der Waals surface area contributed by atoms with Gasteiger partial charge in [0.2, 0.25) is 0 Å². The van der Waals surface area contributed by atoms with Gasteiger partial charge in [0.15, 0.2) is 0 Å². The molecule has 5 nitrogen and oxygen atoms in total. The standard InChI is InChI=1S/C16H17N3O2/c1-12(2)19-15(9-10-17-19)18-16(21)14-7-5-13(6-8-14)4-3-11-20/h5-10,12,20H,11H2,1-2H3,(H,18,21). The predicted molar refractivity (Wildman–Crippen MR) is 81.0 cm³/mol. The number of aliphatic hydroxyl groups is 1. The number of nitrogens with zero attached hydrogens (tertiary/aromatic N) is 2. The zero-order valence-corrected chi connectivity index (χ0v) is 12.0. The fraction of sp³-hybridized carbons (Fsp3) is 0.250. The highest BCUT2D eigenvalue weighted by Gasteiger charge is 2.10. The quantitative estimate of drug-likeness (QED) is 0.847. The maximum Gasteiger partial charge on any atom is 0.256 e. The van der Waals surface area contributed by atoms with Crippen molar-refractivity contribution in [3.05, 3.63) is 47.7 Å². The van der Waals surface area contributed by atoms with Crippen LogP contribution < -0.4 is 5.32 Å². The van der Waals surface area contributed by atoms with Gasteiger partial charge in [0.25, 0.3) is 5.91 Å². The van der Waals surface area contributed by atoms with Crippen LogP contribution in [0.2, 0.25) is 0 Å². The molecule has 1 amide bonds. The number of carbonyl (C=O) groups excluding carboxylic acids is 1. The lowest BCUT2D eigenvalue weighted by Gasteiger charge is -2.11. The molecular weight excluding hydrogens is 266 g/mol. The Kier molecular flexibility index (Phi) is 4.75. The lowest BCUT2D eigenvalue weighted by atomic mass is 10.1. The Balaban J connectivity index is 2.11. The zero-order valence-electron chi connectivity index (χ0n) is 12.0. The molecule has 0 aliphatic rings. The molecule has 0 saturated carbocycles. The molecule has 21 heavy (non-hydrogen) atoms. The van der Waals surface area contributed by atoms with Gasteiger partial charge in [-0.05, 0) is 38.1 Å². The normalized spacial score (nSPS) is 10.1. The van der Waals surface area contributed by atoms with Crippen LogP contribution in [0.15, 0.2) is 36.5 Å². The summed E-state index contributed by atoms with van der Waals surface area (Å²) in [4.78, 5) is 12.2. The van der Waals surface area contributed by atoms with Crippen LogP contribution in [0, 0.1) is 11.8 Å². The molecule has 1 heterocycles. The Morgan fingerprint density at radius 1 is 1.33 bits per heavy atom. The topological polar surface area (TPSA) is 67.2 Å². The number of amides is 1. The summed E-state index contributed by atoms with van der Waals surface area (Å²) in [6.45, 7) is 3.82. The molecule has 0 atom stereocenters. The van der Waals surface area contributed by atoms with E-state index in [1.54, 1.807) is 41.2 Å². The fourth-order valence-corrected chi connectivity index (χ4v) is 1.86. The van der Waals surface area contributed by atoms with Crippen LogP contribution in [0.3, 0.4) is 0 Å². The molecule has 2 rings (SSSR count). The van der Waals surface area contributed by atoms with E-state index in [4.69, 9.17) is 5.11 Å². The summed E-state index contributed by atoms with van der Waals surface area (Å²) in [5.74, 6) is 5.82. The minimum Gasteiger partial charge on any atom is -0.384 e. The first-order chi connectivity index (χ1) is 10.1. The molecule has 0 aliphatic carbocycles. The van der Waals surface area contributed by atoms with Gasteiger partial charge >= 0.3 is 0 Å². The average molecular weight is 283 g/mol. The van der Waals surface area contributed by atoms with Crippen LogP contribution in [-0.2, 0) is 0 Å². The minimum atomic E-state index is -0.195. The van der Waals surface area contributed by atoms with Crippen molar-refractivity contribution in [1.29, 1.82) is 0 Å². The largest absolute Gasteiger partial charge is 0.384 e. The molecule has 1 aromatic heterocycles. The molecule has 0 bridgehead atoms. The van der Waals surface area contributed by atoms with E-state index in [2.05, 4.69) is 22.3 Å². The van der Waals surface area contributed by atoms with Crippen LogP contribution in [-0.4, -0.2) is 27.4 Å². The van der Waals surface area contributed by atoms with E-state index in [1.165, 1.54) is 0 Å². The van der Waals surface area contributed by atoms with E-state index in [0.29, 0.717) is 11.4 Å². The van der Waals surface area contributed by atoms with E-state index in [9.17, 15) is 4.79 Å². The summed E-state index contributed by atoms with van der Waals surface area (Å²) >= 11 is 0. The summed E-state index contributed by atoms with van der Waals surface area (Å²) in [7, 11) is 0. The third kappa shape index (κ3) is 3.71. The Labute approximate surface area is 123 Å². The second kappa shape index (κ2) is 6.73. The van der Waals surface area contributed by atoms with Gasteiger partial charge in [-0.1, -0.05) is 11.8 Å². The van der Waals surface area contributed by atoms with E-state index in [1.807, 2.05) is 13.8 Å². The molecule has 5 heteroatoms. The number of aliphatic hydroxyl groups excluding tert-OH is 1. The number of hydrogen-bond donors (Lipinski definition) is 2. The first kappa shape index (κ1) is 14.8. The highest BCUT2D eigenvalue weighted by atomic mass is 16.2. The number of benzene rings is 1. The van der Waals surface area contributed by atoms with Crippen LogP contribution in [0.5, 0.6) is 0 Å². The summed E-state index contributed by atoms with van der Waals surface area (Å²) in [6, 6.07) is 8.83. The van der Waals surface area contributed by atoms with E-state index < -0.39 is 0 Å². The van der Waals surface area contributed by atoms with Crippen molar-refractivity contribution >= 4 is 11.7 Å². The summed E-state index contributed by atoms with van der Waals surface area (Å²) in [6.07, 6.45) is 1.66. The molecule has 0 saturated heterocycles. The Morgan fingerprint density at radius 2 is 2.05 bits per heavy atom. The van der Waals surface area contributed by atoms with Crippen LogP contribution in [0.1, 0.15) is 35.8 Å². The Bertz CT molecular complexity index is 676. The smallest absolute Gasteiger partial charge is 0.256 e. The van der Waals surface area contributed by atoms with Crippen molar-refractivity contribution < 1.29 is 9.90 Å². The Morgan fingerprint density at radius 3 is 2.67 bits per heavy atom. The van der Waals surface area contributed by atoms with Crippen LogP contribution in [0.4, 0.5) is 5.82 Å². The van der Waals surface area contributed by atoms with E-state index >= 15 is 0 Å². The summed E-state index contributed by atoms with van der Waals surface area (Å²) in [5.41, 5.74) is 1.30. The molecule has 0 unspecified atom stereocenters. The number of aromatic nitrogens is 2. The maximum atomic E-state index is 12.2. The number of rotatable bonds is 3. The SMILES string of the molecule is CC(C)n1nccc1NC(=O)c1ccc(C#CCO)cc1.